The van der Waals surface area contributed by atoms with Crippen LogP contribution in [0.5, 0.6) is 5.75 Å². The highest BCUT2D eigenvalue weighted by Crippen LogP contribution is 2.23. The second-order valence-corrected chi connectivity index (χ2v) is 5.54. The number of Topliss-reactive ketones (excluding diaryl/α,β-unsaturated/α-hetero) is 1. The Bertz CT molecular complexity index is 787. The van der Waals surface area contributed by atoms with Crippen molar-refractivity contribution in [2.24, 2.45) is 0 Å². The zero-order chi connectivity index (χ0) is 16.2. The van der Waals surface area contributed by atoms with Crippen molar-refractivity contribution in [1.29, 1.82) is 0 Å². The Morgan fingerprint density at radius 2 is 1.61 bits per heavy atom. The number of halogens is 2. The number of ether oxygens (including phenoxy) is 1. The number of rotatable bonds is 5. The smallest absolute Gasteiger partial charge is 0.256 e. The monoisotopic (exact) mass is 347 g/mol. The molecule has 0 unspecified atom stereocenters. The van der Waals surface area contributed by atoms with Crippen LogP contribution < -0.4 is 4.74 Å². The van der Waals surface area contributed by atoms with Gasteiger partial charge in [0.05, 0.1) is 0 Å². The van der Waals surface area contributed by atoms with Gasteiger partial charge in [0.15, 0.2) is 0 Å². The van der Waals surface area contributed by atoms with Crippen LogP contribution >= 0.6 is 23.2 Å². The fourth-order valence-corrected chi connectivity index (χ4v) is 2.22. The first kappa shape index (κ1) is 15.5. The Hall–Kier alpha value is -2.37. The number of carbonyl (C=O) groups is 1. The number of ketones is 1. The SMILES string of the molecule is O=C(c1ccc(Cl)cc1)[C@H](Oc1ccc(Cl)cc1)n1cncn1. The van der Waals surface area contributed by atoms with Crippen molar-refractivity contribution < 1.29 is 9.53 Å². The third kappa shape index (κ3) is 3.70. The predicted octanol–water partition coefficient (Wildman–Crippen LogP) is 4.05. The van der Waals surface area contributed by atoms with Gasteiger partial charge in [-0.25, -0.2) is 9.67 Å². The van der Waals surface area contributed by atoms with E-state index in [1.54, 1.807) is 48.5 Å². The minimum Gasteiger partial charge on any atom is -0.461 e. The lowest BCUT2D eigenvalue weighted by Gasteiger charge is -2.18. The highest BCUT2D eigenvalue weighted by atomic mass is 35.5. The second kappa shape index (κ2) is 6.81. The highest BCUT2D eigenvalue weighted by molar-refractivity contribution is 6.30. The summed E-state index contributed by atoms with van der Waals surface area (Å²) in [5, 5.41) is 5.14. The lowest BCUT2D eigenvalue weighted by Crippen LogP contribution is -2.25. The lowest BCUT2D eigenvalue weighted by molar-refractivity contribution is 0.0619. The average Bonchev–Trinajstić information content (AvgIpc) is 3.08. The van der Waals surface area contributed by atoms with Gasteiger partial charge >= 0.3 is 0 Å². The molecule has 0 aliphatic rings. The second-order valence-electron chi connectivity index (χ2n) is 4.67. The number of carbonyl (C=O) groups excluding carboxylic acids is 1. The first-order valence-electron chi connectivity index (χ1n) is 6.69. The molecular weight excluding hydrogens is 337 g/mol. The van der Waals surface area contributed by atoms with Crippen LogP contribution in [0.3, 0.4) is 0 Å². The zero-order valence-corrected chi connectivity index (χ0v) is 13.3. The summed E-state index contributed by atoms with van der Waals surface area (Å²) in [6.45, 7) is 0. The molecule has 0 spiro atoms. The number of nitrogens with zero attached hydrogens (tertiary/aromatic N) is 3. The van der Waals surface area contributed by atoms with Gasteiger partial charge in [-0.3, -0.25) is 4.79 Å². The fraction of sp³-hybridized carbons (Fsp3) is 0.0625. The highest BCUT2D eigenvalue weighted by Gasteiger charge is 2.24. The van der Waals surface area contributed by atoms with E-state index in [-0.39, 0.29) is 5.78 Å². The van der Waals surface area contributed by atoms with E-state index in [0.717, 1.165) is 0 Å². The molecule has 0 amide bonds. The Kier molecular flexibility index (Phi) is 4.60. The Balaban J connectivity index is 1.91. The van der Waals surface area contributed by atoms with Gasteiger partial charge in [-0.2, -0.15) is 5.10 Å². The zero-order valence-electron chi connectivity index (χ0n) is 11.8. The minimum atomic E-state index is -0.972. The van der Waals surface area contributed by atoms with E-state index >= 15 is 0 Å². The molecule has 0 aliphatic heterocycles. The van der Waals surface area contributed by atoms with E-state index in [9.17, 15) is 4.79 Å². The van der Waals surface area contributed by atoms with E-state index in [1.165, 1.54) is 17.3 Å². The summed E-state index contributed by atoms with van der Waals surface area (Å²) in [4.78, 5) is 16.6. The Labute approximate surface area is 142 Å². The first-order valence-corrected chi connectivity index (χ1v) is 7.45. The summed E-state index contributed by atoms with van der Waals surface area (Å²) < 4.78 is 7.13. The van der Waals surface area contributed by atoms with Gasteiger partial charge in [0, 0.05) is 15.6 Å². The predicted molar refractivity (Wildman–Crippen MR) is 86.9 cm³/mol. The van der Waals surface area contributed by atoms with Crippen LogP contribution in [0.25, 0.3) is 0 Å². The fourth-order valence-electron chi connectivity index (χ4n) is 1.96. The summed E-state index contributed by atoms with van der Waals surface area (Å²) in [5.74, 6) is 0.235. The molecule has 7 heteroatoms. The molecule has 1 aromatic heterocycles. The molecule has 0 bridgehead atoms. The van der Waals surface area contributed by atoms with Crippen molar-refractivity contribution in [3.05, 3.63) is 76.8 Å². The maximum Gasteiger partial charge on any atom is 0.256 e. The van der Waals surface area contributed by atoms with Crippen molar-refractivity contribution in [1.82, 2.24) is 14.8 Å². The topological polar surface area (TPSA) is 57.0 Å². The van der Waals surface area contributed by atoms with E-state index in [1.807, 2.05) is 0 Å². The van der Waals surface area contributed by atoms with E-state index < -0.39 is 6.23 Å². The first-order chi connectivity index (χ1) is 11.1. The maximum absolute atomic E-state index is 12.7. The summed E-state index contributed by atoms with van der Waals surface area (Å²) in [5.41, 5.74) is 0.462. The minimum absolute atomic E-state index is 0.262. The van der Waals surface area contributed by atoms with Crippen LogP contribution in [-0.2, 0) is 0 Å². The van der Waals surface area contributed by atoms with E-state index in [2.05, 4.69) is 10.1 Å². The molecular formula is C16H11Cl2N3O2. The van der Waals surface area contributed by atoms with Crippen molar-refractivity contribution in [3.63, 3.8) is 0 Å². The molecule has 0 N–H and O–H groups in total. The standard InChI is InChI=1S/C16H11Cl2N3O2/c17-12-3-1-11(2-4-12)15(22)16(21-10-19-9-20-21)23-14-7-5-13(18)6-8-14/h1-10,16H/t16-/m0/s1. The third-order valence-corrected chi connectivity index (χ3v) is 3.60. The average molecular weight is 348 g/mol. The summed E-state index contributed by atoms with van der Waals surface area (Å²) in [6, 6.07) is 13.3. The summed E-state index contributed by atoms with van der Waals surface area (Å²) in [7, 11) is 0. The molecule has 23 heavy (non-hydrogen) atoms. The van der Waals surface area contributed by atoms with Gasteiger partial charge in [-0.15, -0.1) is 0 Å². The third-order valence-electron chi connectivity index (χ3n) is 3.09. The Morgan fingerprint density at radius 3 is 2.17 bits per heavy atom. The van der Waals surface area contributed by atoms with Crippen LogP contribution in [0.2, 0.25) is 10.0 Å². The molecule has 116 valence electrons. The molecule has 1 atom stereocenters. The molecule has 2 aromatic carbocycles. The maximum atomic E-state index is 12.7. The Morgan fingerprint density at radius 1 is 1.00 bits per heavy atom. The normalized spacial score (nSPS) is 11.9. The molecule has 0 fully saturated rings. The molecule has 1 heterocycles. The van der Waals surface area contributed by atoms with Gasteiger partial charge in [0.25, 0.3) is 6.23 Å². The van der Waals surface area contributed by atoms with Gasteiger partial charge in [-0.05, 0) is 48.5 Å². The quantitative estimate of drug-likeness (QED) is 0.653. The number of hydrogen-bond donors (Lipinski definition) is 0. The lowest BCUT2D eigenvalue weighted by atomic mass is 10.1. The van der Waals surface area contributed by atoms with Gasteiger partial charge in [-0.1, -0.05) is 23.2 Å². The van der Waals surface area contributed by atoms with Crippen LogP contribution in [0.15, 0.2) is 61.2 Å². The largest absolute Gasteiger partial charge is 0.461 e. The van der Waals surface area contributed by atoms with Crippen LogP contribution in [0.4, 0.5) is 0 Å². The number of benzene rings is 2. The number of hydrogen-bond acceptors (Lipinski definition) is 4. The molecule has 3 rings (SSSR count). The van der Waals surface area contributed by atoms with Crippen molar-refractivity contribution in [2.45, 2.75) is 6.23 Å². The summed E-state index contributed by atoms with van der Waals surface area (Å²) >= 11 is 11.7. The van der Waals surface area contributed by atoms with Gasteiger partial charge in [0.2, 0.25) is 5.78 Å². The van der Waals surface area contributed by atoms with Crippen molar-refractivity contribution in [2.75, 3.05) is 0 Å². The number of aromatic nitrogens is 3. The molecule has 5 nitrogen and oxygen atoms in total. The van der Waals surface area contributed by atoms with Crippen LogP contribution in [-0.4, -0.2) is 20.5 Å². The van der Waals surface area contributed by atoms with Crippen LogP contribution in [0.1, 0.15) is 16.6 Å². The van der Waals surface area contributed by atoms with Crippen molar-refractivity contribution in [3.8, 4) is 5.75 Å². The van der Waals surface area contributed by atoms with Gasteiger partial charge < -0.3 is 4.74 Å². The summed E-state index contributed by atoms with van der Waals surface area (Å²) in [6.07, 6.45) is 1.79. The van der Waals surface area contributed by atoms with Gasteiger partial charge in [0.1, 0.15) is 18.4 Å². The van der Waals surface area contributed by atoms with E-state index in [4.69, 9.17) is 27.9 Å². The molecule has 0 saturated heterocycles. The molecule has 3 aromatic rings. The molecule has 0 saturated carbocycles. The van der Waals surface area contributed by atoms with Crippen LogP contribution in [0, 0.1) is 0 Å². The van der Waals surface area contributed by atoms with Crippen molar-refractivity contribution >= 4 is 29.0 Å². The molecule has 0 aliphatic carbocycles. The van der Waals surface area contributed by atoms with E-state index in [0.29, 0.717) is 21.4 Å². The molecule has 0 radical (unpaired) electrons.